The van der Waals surface area contributed by atoms with Crippen molar-refractivity contribution in [2.75, 3.05) is 19.5 Å². The molecule has 0 saturated heterocycles. The van der Waals surface area contributed by atoms with Crippen molar-refractivity contribution in [3.63, 3.8) is 0 Å². The molecule has 1 aliphatic rings. The Bertz CT molecular complexity index is 486. The van der Waals surface area contributed by atoms with Gasteiger partial charge in [0, 0.05) is 26.7 Å². The number of nitrogens with zero attached hydrogens (tertiary/aromatic N) is 3. The van der Waals surface area contributed by atoms with Gasteiger partial charge < -0.3 is 14.4 Å². The third kappa shape index (κ3) is 4.44. The van der Waals surface area contributed by atoms with Crippen LogP contribution in [0.25, 0.3) is 0 Å². The number of thioether (sulfide) groups is 1. The lowest BCUT2D eigenvalue weighted by Crippen LogP contribution is -2.17. The number of aromatic nitrogens is 3. The first kappa shape index (κ1) is 16.3. The number of carboxylic acids is 1. The SMILES string of the molecule is CCCc1nnc(SCC(=O)O)n1CC1(CCOC)CC1. The summed E-state index contributed by atoms with van der Waals surface area (Å²) in [5.74, 6) is 0.163. The molecule has 0 atom stereocenters. The van der Waals surface area contributed by atoms with Crippen LogP contribution >= 0.6 is 11.8 Å². The predicted molar refractivity (Wildman–Crippen MR) is 80.5 cm³/mol. The highest BCUT2D eigenvalue weighted by Gasteiger charge is 2.43. The fourth-order valence-electron chi connectivity index (χ4n) is 2.44. The summed E-state index contributed by atoms with van der Waals surface area (Å²) in [6.07, 6.45) is 5.32. The molecule has 0 radical (unpaired) electrons. The Morgan fingerprint density at radius 2 is 2.24 bits per heavy atom. The Kier molecular flexibility index (Phi) is 5.64. The first-order valence-corrected chi connectivity index (χ1v) is 8.34. The Labute approximate surface area is 129 Å². The van der Waals surface area contributed by atoms with Gasteiger partial charge in [-0.1, -0.05) is 18.7 Å². The second-order valence-corrected chi connectivity index (χ2v) is 6.60. The molecular weight excluding hydrogens is 290 g/mol. The zero-order chi connectivity index (χ0) is 15.3. The van der Waals surface area contributed by atoms with E-state index in [9.17, 15) is 4.79 Å². The van der Waals surface area contributed by atoms with Crippen molar-refractivity contribution in [1.82, 2.24) is 14.8 Å². The van der Waals surface area contributed by atoms with Gasteiger partial charge in [0.25, 0.3) is 0 Å². The van der Waals surface area contributed by atoms with Gasteiger partial charge in [-0.3, -0.25) is 4.79 Å². The lowest BCUT2D eigenvalue weighted by atomic mass is 10.0. The molecule has 1 aliphatic carbocycles. The Hall–Kier alpha value is -1.08. The van der Waals surface area contributed by atoms with Crippen LogP contribution < -0.4 is 0 Å². The number of carboxylic acid groups (broad SMARTS) is 1. The van der Waals surface area contributed by atoms with E-state index in [1.807, 2.05) is 0 Å². The van der Waals surface area contributed by atoms with E-state index >= 15 is 0 Å². The summed E-state index contributed by atoms with van der Waals surface area (Å²) in [6, 6.07) is 0. The average molecular weight is 313 g/mol. The van der Waals surface area contributed by atoms with Gasteiger partial charge in [-0.25, -0.2) is 0 Å². The molecule has 6 nitrogen and oxygen atoms in total. The van der Waals surface area contributed by atoms with Crippen LogP contribution in [0.4, 0.5) is 0 Å². The Morgan fingerprint density at radius 3 is 2.81 bits per heavy atom. The third-order valence-corrected chi connectivity index (χ3v) is 4.83. The van der Waals surface area contributed by atoms with Gasteiger partial charge in [0.2, 0.25) is 0 Å². The van der Waals surface area contributed by atoms with E-state index < -0.39 is 5.97 Å². The first-order valence-electron chi connectivity index (χ1n) is 7.36. The maximum absolute atomic E-state index is 10.8. The summed E-state index contributed by atoms with van der Waals surface area (Å²) < 4.78 is 7.33. The summed E-state index contributed by atoms with van der Waals surface area (Å²) in [5, 5.41) is 18.0. The van der Waals surface area contributed by atoms with Crippen molar-refractivity contribution in [3.8, 4) is 0 Å². The predicted octanol–water partition coefficient (Wildman–Crippen LogP) is 2.22. The fourth-order valence-corrected chi connectivity index (χ4v) is 3.11. The molecule has 2 rings (SSSR count). The van der Waals surface area contributed by atoms with Crippen LogP contribution in [0.2, 0.25) is 0 Å². The summed E-state index contributed by atoms with van der Waals surface area (Å²) in [4.78, 5) is 10.8. The average Bonchev–Trinajstić information content (AvgIpc) is 3.12. The summed E-state index contributed by atoms with van der Waals surface area (Å²) >= 11 is 1.25. The number of hydrogen-bond donors (Lipinski definition) is 1. The molecule has 7 heteroatoms. The lowest BCUT2D eigenvalue weighted by Gasteiger charge is -2.18. The van der Waals surface area contributed by atoms with E-state index in [-0.39, 0.29) is 5.75 Å². The van der Waals surface area contributed by atoms with Crippen LogP contribution in [0.1, 0.15) is 38.4 Å². The zero-order valence-corrected chi connectivity index (χ0v) is 13.5. The van der Waals surface area contributed by atoms with Crippen LogP contribution in [0, 0.1) is 5.41 Å². The quantitative estimate of drug-likeness (QED) is 0.667. The van der Waals surface area contributed by atoms with Crippen LogP contribution in [0.15, 0.2) is 5.16 Å². The minimum Gasteiger partial charge on any atom is -0.481 e. The van der Waals surface area contributed by atoms with Crippen molar-refractivity contribution in [1.29, 1.82) is 0 Å². The molecule has 0 aromatic carbocycles. The van der Waals surface area contributed by atoms with Crippen LogP contribution in [-0.4, -0.2) is 45.3 Å². The van der Waals surface area contributed by atoms with Crippen LogP contribution in [-0.2, 0) is 22.5 Å². The van der Waals surface area contributed by atoms with E-state index in [0.717, 1.165) is 43.4 Å². The highest BCUT2D eigenvalue weighted by atomic mass is 32.2. The molecule has 0 amide bonds. The molecule has 0 aliphatic heterocycles. The van der Waals surface area contributed by atoms with E-state index in [4.69, 9.17) is 9.84 Å². The van der Waals surface area contributed by atoms with E-state index in [0.29, 0.717) is 5.41 Å². The van der Waals surface area contributed by atoms with Crippen molar-refractivity contribution >= 4 is 17.7 Å². The molecule has 0 bridgehead atoms. The maximum Gasteiger partial charge on any atom is 0.313 e. The second-order valence-electron chi connectivity index (χ2n) is 5.66. The number of aliphatic carboxylic acids is 1. The van der Waals surface area contributed by atoms with E-state index in [1.165, 1.54) is 24.6 Å². The van der Waals surface area contributed by atoms with Gasteiger partial charge in [-0.05, 0) is 31.1 Å². The minimum absolute atomic E-state index is 0.0231. The molecule has 1 saturated carbocycles. The van der Waals surface area contributed by atoms with E-state index in [1.54, 1.807) is 7.11 Å². The topological polar surface area (TPSA) is 77.2 Å². The normalized spacial score (nSPS) is 16.1. The fraction of sp³-hybridized carbons (Fsp3) is 0.786. The van der Waals surface area contributed by atoms with Gasteiger partial charge in [-0.15, -0.1) is 10.2 Å². The molecule has 1 aromatic heterocycles. The Balaban J connectivity index is 2.10. The minimum atomic E-state index is -0.827. The highest BCUT2D eigenvalue weighted by molar-refractivity contribution is 7.99. The molecule has 1 N–H and O–H groups in total. The van der Waals surface area contributed by atoms with Crippen LogP contribution in [0.5, 0.6) is 0 Å². The van der Waals surface area contributed by atoms with Crippen molar-refractivity contribution in [3.05, 3.63) is 5.82 Å². The monoisotopic (exact) mass is 313 g/mol. The lowest BCUT2D eigenvalue weighted by molar-refractivity contribution is -0.133. The van der Waals surface area contributed by atoms with Gasteiger partial charge >= 0.3 is 5.97 Å². The number of methoxy groups -OCH3 is 1. The molecule has 1 fully saturated rings. The van der Waals surface area contributed by atoms with Crippen LogP contribution in [0.3, 0.4) is 0 Å². The maximum atomic E-state index is 10.8. The number of rotatable bonds is 10. The van der Waals surface area contributed by atoms with Crippen molar-refractivity contribution in [2.24, 2.45) is 5.41 Å². The van der Waals surface area contributed by atoms with Crippen molar-refractivity contribution in [2.45, 2.75) is 50.7 Å². The summed E-state index contributed by atoms with van der Waals surface area (Å²) in [6.45, 7) is 3.75. The number of aryl methyl sites for hydroxylation is 1. The molecule has 1 heterocycles. The Morgan fingerprint density at radius 1 is 1.48 bits per heavy atom. The molecule has 1 aromatic rings. The van der Waals surface area contributed by atoms with Crippen molar-refractivity contribution < 1.29 is 14.6 Å². The molecule has 118 valence electrons. The standard InChI is InChI=1S/C14H23N3O3S/c1-3-4-11-15-16-13(21-9-12(18)19)17(11)10-14(5-6-14)7-8-20-2/h3-10H2,1-2H3,(H,18,19). The smallest absolute Gasteiger partial charge is 0.313 e. The number of hydrogen-bond acceptors (Lipinski definition) is 5. The van der Waals surface area contributed by atoms with Gasteiger partial charge in [-0.2, -0.15) is 0 Å². The van der Waals surface area contributed by atoms with Gasteiger partial charge in [0.05, 0.1) is 5.75 Å². The third-order valence-electron chi connectivity index (χ3n) is 3.88. The first-order chi connectivity index (χ1) is 10.1. The van der Waals surface area contributed by atoms with Gasteiger partial charge in [0.15, 0.2) is 5.16 Å². The molecular formula is C14H23N3O3S. The highest BCUT2D eigenvalue weighted by Crippen LogP contribution is 2.50. The largest absolute Gasteiger partial charge is 0.481 e. The number of ether oxygens (including phenoxy) is 1. The molecule has 21 heavy (non-hydrogen) atoms. The molecule has 0 spiro atoms. The second kappa shape index (κ2) is 7.26. The number of carbonyl (C=O) groups is 1. The van der Waals surface area contributed by atoms with Gasteiger partial charge in [0.1, 0.15) is 5.82 Å². The molecule has 0 unspecified atom stereocenters. The summed E-state index contributed by atoms with van der Waals surface area (Å²) in [5.41, 5.74) is 0.291. The zero-order valence-electron chi connectivity index (χ0n) is 12.7. The summed E-state index contributed by atoms with van der Waals surface area (Å²) in [7, 11) is 1.73. The van der Waals surface area contributed by atoms with E-state index in [2.05, 4.69) is 21.7 Å².